The number of nitrogens with zero attached hydrogens (tertiary/aromatic N) is 1. The molecule has 3 rings (SSSR count). The highest BCUT2D eigenvalue weighted by Crippen LogP contribution is 2.40. The van der Waals surface area contributed by atoms with Crippen LogP contribution in [-0.2, 0) is 4.74 Å². The number of methoxy groups -OCH3 is 3. The fourth-order valence-corrected chi connectivity index (χ4v) is 3.02. The number of anilines is 2. The Morgan fingerprint density at radius 1 is 1.14 bits per heavy atom. The predicted molar refractivity (Wildman–Crippen MR) is 106 cm³/mol. The smallest absolute Gasteiger partial charge is 0.274 e. The van der Waals surface area contributed by atoms with Crippen LogP contribution in [0.5, 0.6) is 17.2 Å². The summed E-state index contributed by atoms with van der Waals surface area (Å²) in [4.78, 5) is 16.8. The Bertz CT molecular complexity index is 779. The summed E-state index contributed by atoms with van der Waals surface area (Å²) in [5.74, 6) is 1.04. The number of pyridine rings is 1. The van der Waals surface area contributed by atoms with Gasteiger partial charge < -0.3 is 29.6 Å². The third kappa shape index (κ3) is 4.64. The van der Waals surface area contributed by atoms with Crippen molar-refractivity contribution in [3.8, 4) is 17.2 Å². The van der Waals surface area contributed by atoms with Crippen molar-refractivity contribution in [1.82, 2.24) is 4.98 Å². The van der Waals surface area contributed by atoms with E-state index in [0.29, 0.717) is 28.6 Å². The minimum atomic E-state index is -0.333. The van der Waals surface area contributed by atoms with Gasteiger partial charge in [-0.25, -0.2) is 4.98 Å². The Kier molecular flexibility index (Phi) is 6.54. The van der Waals surface area contributed by atoms with Crippen molar-refractivity contribution in [2.24, 2.45) is 0 Å². The van der Waals surface area contributed by atoms with Crippen LogP contribution >= 0.6 is 0 Å². The van der Waals surface area contributed by atoms with E-state index in [-0.39, 0.29) is 12.0 Å². The second kappa shape index (κ2) is 9.27. The van der Waals surface area contributed by atoms with Crippen LogP contribution < -0.4 is 24.8 Å². The maximum Gasteiger partial charge on any atom is 0.274 e. The summed E-state index contributed by atoms with van der Waals surface area (Å²) in [7, 11) is 4.57. The summed E-state index contributed by atoms with van der Waals surface area (Å²) in [6.07, 6.45) is 4.04. The lowest BCUT2D eigenvalue weighted by Crippen LogP contribution is -2.19. The highest BCUT2D eigenvalue weighted by atomic mass is 16.5. The first-order valence-electron chi connectivity index (χ1n) is 9.07. The number of carbonyl (C=O) groups excluding carboxylic acids is 1. The van der Waals surface area contributed by atoms with Gasteiger partial charge in [0, 0.05) is 31.0 Å². The zero-order valence-electron chi connectivity index (χ0n) is 16.3. The standard InChI is InChI=1S/C20H25N3O5/c1-25-17-9-14(10-18(26-2)19(17)27-3)23-20(24)16-7-6-13(11-22-16)21-12-15-5-4-8-28-15/h6-7,9-11,15,21H,4-5,8,12H2,1-3H3,(H,23,24). The number of hydrogen-bond acceptors (Lipinski definition) is 7. The van der Waals surface area contributed by atoms with E-state index >= 15 is 0 Å². The summed E-state index contributed by atoms with van der Waals surface area (Å²) in [5.41, 5.74) is 1.66. The van der Waals surface area contributed by atoms with Crippen LogP contribution in [0.2, 0.25) is 0 Å². The van der Waals surface area contributed by atoms with Gasteiger partial charge in [-0.2, -0.15) is 0 Å². The molecule has 1 aromatic carbocycles. The highest BCUT2D eigenvalue weighted by Gasteiger charge is 2.17. The molecule has 28 heavy (non-hydrogen) atoms. The Balaban J connectivity index is 1.65. The minimum absolute atomic E-state index is 0.239. The van der Waals surface area contributed by atoms with Crippen molar-refractivity contribution >= 4 is 17.3 Å². The molecule has 8 heteroatoms. The van der Waals surface area contributed by atoms with E-state index in [1.807, 2.05) is 6.07 Å². The number of rotatable bonds is 8. The Morgan fingerprint density at radius 3 is 2.43 bits per heavy atom. The van der Waals surface area contributed by atoms with E-state index in [2.05, 4.69) is 15.6 Å². The number of carbonyl (C=O) groups is 1. The topological polar surface area (TPSA) is 90.9 Å². The number of nitrogens with one attached hydrogen (secondary N) is 2. The van der Waals surface area contributed by atoms with Gasteiger partial charge in [0.2, 0.25) is 5.75 Å². The number of amides is 1. The molecular weight excluding hydrogens is 362 g/mol. The van der Waals surface area contributed by atoms with E-state index < -0.39 is 0 Å². The van der Waals surface area contributed by atoms with Crippen molar-refractivity contribution in [2.75, 3.05) is 45.1 Å². The monoisotopic (exact) mass is 387 g/mol. The van der Waals surface area contributed by atoms with E-state index in [1.54, 1.807) is 24.4 Å². The van der Waals surface area contributed by atoms with Crippen LogP contribution in [-0.4, -0.2) is 51.5 Å². The van der Waals surface area contributed by atoms with Crippen molar-refractivity contribution in [3.63, 3.8) is 0 Å². The lowest BCUT2D eigenvalue weighted by atomic mass is 10.2. The average molecular weight is 387 g/mol. The van der Waals surface area contributed by atoms with Gasteiger partial charge in [-0.05, 0) is 25.0 Å². The predicted octanol–water partition coefficient (Wildman–Crippen LogP) is 2.95. The van der Waals surface area contributed by atoms with Gasteiger partial charge in [0.1, 0.15) is 5.69 Å². The van der Waals surface area contributed by atoms with Crippen molar-refractivity contribution in [2.45, 2.75) is 18.9 Å². The fourth-order valence-electron chi connectivity index (χ4n) is 3.02. The van der Waals surface area contributed by atoms with Gasteiger partial charge >= 0.3 is 0 Å². The molecule has 1 amide bonds. The maximum absolute atomic E-state index is 12.5. The van der Waals surface area contributed by atoms with Gasteiger partial charge in [-0.15, -0.1) is 0 Å². The molecule has 8 nitrogen and oxygen atoms in total. The zero-order valence-corrected chi connectivity index (χ0v) is 16.3. The fraction of sp³-hybridized carbons (Fsp3) is 0.400. The van der Waals surface area contributed by atoms with Crippen molar-refractivity contribution in [1.29, 1.82) is 0 Å². The van der Waals surface area contributed by atoms with Gasteiger partial charge in [-0.1, -0.05) is 0 Å². The first-order valence-corrected chi connectivity index (χ1v) is 9.07. The molecule has 2 heterocycles. The van der Waals surface area contributed by atoms with Crippen LogP contribution in [0.4, 0.5) is 11.4 Å². The third-order valence-electron chi connectivity index (χ3n) is 4.48. The van der Waals surface area contributed by atoms with Crippen LogP contribution in [0.1, 0.15) is 23.3 Å². The second-order valence-electron chi connectivity index (χ2n) is 6.32. The molecule has 1 aromatic heterocycles. The summed E-state index contributed by atoms with van der Waals surface area (Å²) in [6, 6.07) is 6.82. The van der Waals surface area contributed by atoms with Gasteiger partial charge in [0.15, 0.2) is 11.5 Å². The summed E-state index contributed by atoms with van der Waals surface area (Å²) < 4.78 is 21.5. The molecule has 0 aliphatic carbocycles. The van der Waals surface area contributed by atoms with Crippen LogP contribution in [0.15, 0.2) is 30.5 Å². The molecule has 0 spiro atoms. The third-order valence-corrected chi connectivity index (χ3v) is 4.48. The Hall–Kier alpha value is -3.00. The molecule has 1 atom stereocenters. The molecule has 1 fully saturated rings. The average Bonchev–Trinajstić information content (AvgIpc) is 3.25. The minimum Gasteiger partial charge on any atom is -0.493 e. The summed E-state index contributed by atoms with van der Waals surface area (Å²) in [6.45, 7) is 1.56. The number of hydrogen-bond donors (Lipinski definition) is 2. The zero-order chi connectivity index (χ0) is 19.9. The molecule has 1 unspecified atom stereocenters. The molecule has 1 aliphatic rings. The van der Waals surface area contributed by atoms with Crippen molar-refractivity contribution in [3.05, 3.63) is 36.2 Å². The van der Waals surface area contributed by atoms with E-state index in [9.17, 15) is 4.79 Å². The summed E-state index contributed by atoms with van der Waals surface area (Å²) >= 11 is 0. The Morgan fingerprint density at radius 2 is 1.89 bits per heavy atom. The Labute approximate surface area is 164 Å². The number of benzene rings is 1. The molecule has 150 valence electrons. The van der Waals surface area contributed by atoms with E-state index in [0.717, 1.165) is 31.7 Å². The van der Waals surface area contributed by atoms with Gasteiger partial charge in [0.25, 0.3) is 5.91 Å². The molecule has 2 N–H and O–H groups in total. The van der Waals surface area contributed by atoms with Crippen LogP contribution in [0.3, 0.4) is 0 Å². The first kappa shape index (κ1) is 19.8. The van der Waals surface area contributed by atoms with Crippen LogP contribution in [0, 0.1) is 0 Å². The number of aromatic nitrogens is 1. The maximum atomic E-state index is 12.5. The normalized spacial score (nSPS) is 15.8. The highest BCUT2D eigenvalue weighted by molar-refractivity contribution is 6.03. The van der Waals surface area contributed by atoms with E-state index in [4.69, 9.17) is 18.9 Å². The van der Waals surface area contributed by atoms with E-state index in [1.165, 1.54) is 21.3 Å². The quantitative estimate of drug-likeness (QED) is 0.720. The first-order chi connectivity index (χ1) is 13.6. The van der Waals surface area contributed by atoms with Gasteiger partial charge in [-0.3, -0.25) is 4.79 Å². The van der Waals surface area contributed by atoms with Gasteiger partial charge in [0.05, 0.1) is 39.3 Å². The summed E-state index contributed by atoms with van der Waals surface area (Å²) in [5, 5.41) is 6.08. The second-order valence-corrected chi connectivity index (χ2v) is 6.32. The lowest BCUT2D eigenvalue weighted by Gasteiger charge is -2.14. The molecule has 0 radical (unpaired) electrons. The molecule has 2 aromatic rings. The van der Waals surface area contributed by atoms with Crippen molar-refractivity contribution < 1.29 is 23.7 Å². The largest absolute Gasteiger partial charge is 0.493 e. The molecule has 0 saturated carbocycles. The SMILES string of the molecule is COc1cc(NC(=O)c2ccc(NCC3CCCO3)cn2)cc(OC)c1OC. The molecular formula is C20H25N3O5. The van der Waals surface area contributed by atoms with Crippen LogP contribution in [0.25, 0.3) is 0 Å². The molecule has 1 aliphatic heterocycles. The number of ether oxygens (including phenoxy) is 4. The molecule has 1 saturated heterocycles. The lowest BCUT2D eigenvalue weighted by molar-refractivity contribution is 0.102. The molecule has 0 bridgehead atoms.